The number of rotatable bonds is 7. The molecule has 2 rings (SSSR count). The molecule has 1 N–H and O–H groups in total. The van der Waals surface area contributed by atoms with Gasteiger partial charge in [0, 0.05) is 6.54 Å². The Morgan fingerprint density at radius 2 is 1.91 bits per heavy atom. The van der Waals surface area contributed by atoms with Crippen molar-refractivity contribution in [3.05, 3.63) is 65.5 Å². The largest absolute Gasteiger partial charge is 0.489 e. The average molecular weight is 312 g/mol. The highest BCUT2D eigenvalue weighted by Gasteiger charge is 2.05. The van der Waals surface area contributed by atoms with Crippen LogP contribution in [0.15, 0.2) is 48.5 Å². The number of nitrogens with one attached hydrogen (secondary N) is 1. The van der Waals surface area contributed by atoms with Crippen molar-refractivity contribution in [2.24, 2.45) is 0 Å². The molecule has 0 heterocycles. The van der Waals surface area contributed by atoms with Crippen LogP contribution in [0, 0.1) is 17.1 Å². The number of para-hydroxylation sites is 1. The maximum atomic E-state index is 12.9. The molecule has 5 heteroatoms. The van der Waals surface area contributed by atoms with Gasteiger partial charge >= 0.3 is 0 Å². The minimum absolute atomic E-state index is 0.136. The molecule has 0 radical (unpaired) electrons. The second-order valence-corrected chi connectivity index (χ2v) is 4.96. The standard InChI is InChI=1S/C18H17FN2O2/c19-16-7-5-14(6-8-16)13-23-17-4-2-1-3-15(17)10-12-21-18(22)9-11-20/h1-8H,9-10,12-13H2,(H,21,22). The number of nitrogens with zero attached hydrogens (tertiary/aromatic N) is 1. The summed E-state index contributed by atoms with van der Waals surface area (Å²) in [7, 11) is 0. The smallest absolute Gasteiger partial charge is 0.234 e. The predicted octanol–water partition coefficient (Wildman–Crippen LogP) is 2.98. The predicted molar refractivity (Wildman–Crippen MR) is 84.1 cm³/mol. The van der Waals surface area contributed by atoms with Gasteiger partial charge in [-0.2, -0.15) is 5.26 Å². The Hall–Kier alpha value is -2.87. The molecule has 4 nitrogen and oxygen atoms in total. The fraction of sp³-hybridized carbons (Fsp3) is 0.222. The molecule has 0 aliphatic carbocycles. The lowest BCUT2D eigenvalue weighted by atomic mass is 10.1. The van der Waals surface area contributed by atoms with Gasteiger partial charge in [0.25, 0.3) is 0 Å². The van der Waals surface area contributed by atoms with Crippen LogP contribution in [0.2, 0.25) is 0 Å². The van der Waals surface area contributed by atoms with E-state index < -0.39 is 0 Å². The van der Waals surface area contributed by atoms with E-state index >= 15 is 0 Å². The molecule has 0 atom stereocenters. The van der Waals surface area contributed by atoms with Gasteiger partial charge in [0.05, 0.1) is 6.07 Å². The Labute approximate surface area is 134 Å². The van der Waals surface area contributed by atoms with Crippen LogP contribution in [-0.2, 0) is 17.8 Å². The molecule has 118 valence electrons. The van der Waals surface area contributed by atoms with Gasteiger partial charge in [-0.25, -0.2) is 4.39 Å². The number of benzene rings is 2. The summed E-state index contributed by atoms with van der Waals surface area (Å²) in [4.78, 5) is 11.3. The third-order valence-electron chi connectivity index (χ3n) is 3.24. The summed E-state index contributed by atoms with van der Waals surface area (Å²) in [5.41, 5.74) is 1.84. The van der Waals surface area contributed by atoms with Crippen molar-refractivity contribution >= 4 is 5.91 Å². The molecular formula is C18H17FN2O2. The number of amides is 1. The van der Waals surface area contributed by atoms with E-state index in [0.29, 0.717) is 19.6 Å². The quantitative estimate of drug-likeness (QED) is 0.855. The summed E-state index contributed by atoms with van der Waals surface area (Å²) in [6, 6.07) is 15.5. The number of ether oxygens (including phenoxy) is 1. The van der Waals surface area contributed by atoms with Gasteiger partial charge in [-0.05, 0) is 35.7 Å². The Kier molecular flexibility index (Phi) is 6.13. The first-order chi connectivity index (χ1) is 11.2. The zero-order valence-corrected chi connectivity index (χ0v) is 12.6. The maximum Gasteiger partial charge on any atom is 0.234 e. The van der Waals surface area contributed by atoms with E-state index in [0.717, 1.165) is 16.9 Å². The van der Waals surface area contributed by atoms with E-state index in [9.17, 15) is 9.18 Å². The zero-order chi connectivity index (χ0) is 16.5. The van der Waals surface area contributed by atoms with Crippen molar-refractivity contribution in [2.45, 2.75) is 19.4 Å². The highest BCUT2D eigenvalue weighted by Crippen LogP contribution is 2.19. The second-order valence-electron chi connectivity index (χ2n) is 4.96. The highest BCUT2D eigenvalue weighted by molar-refractivity contribution is 5.77. The summed E-state index contributed by atoms with van der Waals surface area (Å²) in [5.74, 6) is 0.172. The summed E-state index contributed by atoms with van der Waals surface area (Å²) in [6.07, 6.45) is 0.472. The fourth-order valence-corrected chi connectivity index (χ4v) is 2.06. The van der Waals surface area contributed by atoms with Gasteiger partial charge in [0.1, 0.15) is 24.6 Å². The van der Waals surface area contributed by atoms with E-state index in [1.165, 1.54) is 12.1 Å². The third kappa shape index (κ3) is 5.44. The summed E-state index contributed by atoms with van der Waals surface area (Å²) >= 11 is 0. The van der Waals surface area contributed by atoms with Gasteiger partial charge in [0.15, 0.2) is 0 Å². The lowest BCUT2D eigenvalue weighted by molar-refractivity contribution is -0.120. The van der Waals surface area contributed by atoms with Crippen molar-refractivity contribution in [3.63, 3.8) is 0 Å². The molecule has 0 unspecified atom stereocenters. The van der Waals surface area contributed by atoms with Crippen LogP contribution in [0.4, 0.5) is 4.39 Å². The van der Waals surface area contributed by atoms with Gasteiger partial charge < -0.3 is 10.1 Å². The van der Waals surface area contributed by atoms with Crippen LogP contribution in [0.3, 0.4) is 0 Å². The Morgan fingerprint density at radius 1 is 1.17 bits per heavy atom. The summed E-state index contributed by atoms with van der Waals surface area (Å²) in [6.45, 7) is 0.787. The molecule has 0 aromatic heterocycles. The van der Waals surface area contributed by atoms with Crippen molar-refractivity contribution in [1.29, 1.82) is 5.26 Å². The van der Waals surface area contributed by atoms with Gasteiger partial charge in [-0.3, -0.25) is 4.79 Å². The Morgan fingerprint density at radius 3 is 2.65 bits per heavy atom. The average Bonchev–Trinajstić information content (AvgIpc) is 2.56. The molecule has 0 aliphatic heterocycles. The fourth-order valence-electron chi connectivity index (χ4n) is 2.06. The Bertz CT molecular complexity index is 693. The number of hydrogen-bond acceptors (Lipinski definition) is 3. The molecular weight excluding hydrogens is 295 g/mol. The molecule has 0 spiro atoms. The van der Waals surface area contributed by atoms with E-state index in [-0.39, 0.29) is 18.1 Å². The Balaban J connectivity index is 1.90. The normalized spacial score (nSPS) is 9.91. The number of carbonyl (C=O) groups excluding carboxylic acids is 1. The first-order valence-corrected chi connectivity index (χ1v) is 7.28. The minimum Gasteiger partial charge on any atom is -0.489 e. The summed E-state index contributed by atoms with van der Waals surface area (Å²) < 4.78 is 18.7. The van der Waals surface area contributed by atoms with Crippen molar-refractivity contribution in [2.75, 3.05) is 6.54 Å². The molecule has 0 bridgehead atoms. The van der Waals surface area contributed by atoms with Crippen molar-refractivity contribution in [1.82, 2.24) is 5.32 Å². The van der Waals surface area contributed by atoms with Gasteiger partial charge in [0.2, 0.25) is 5.91 Å². The molecule has 0 saturated heterocycles. The maximum absolute atomic E-state index is 12.9. The second kappa shape index (κ2) is 8.54. The molecule has 0 aliphatic rings. The molecule has 2 aromatic rings. The molecule has 0 fully saturated rings. The van der Waals surface area contributed by atoms with Crippen LogP contribution in [0.25, 0.3) is 0 Å². The van der Waals surface area contributed by atoms with E-state index in [2.05, 4.69) is 5.32 Å². The molecule has 0 saturated carbocycles. The highest BCUT2D eigenvalue weighted by atomic mass is 19.1. The summed E-state index contributed by atoms with van der Waals surface area (Å²) in [5, 5.41) is 11.1. The first-order valence-electron chi connectivity index (χ1n) is 7.28. The topological polar surface area (TPSA) is 62.1 Å². The van der Waals surface area contributed by atoms with Crippen LogP contribution in [-0.4, -0.2) is 12.5 Å². The number of halogens is 1. The molecule has 1 amide bonds. The van der Waals surface area contributed by atoms with Crippen LogP contribution in [0.1, 0.15) is 17.5 Å². The third-order valence-corrected chi connectivity index (χ3v) is 3.24. The molecule has 2 aromatic carbocycles. The van der Waals surface area contributed by atoms with E-state index in [1.807, 2.05) is 24.3 Å². The lowest BCUT2D eigenvalue weighted by Crippen LogP contribution is -2.25. The zero-order valence-electron chi connectivity index (χ0n) is 12.6. The number of carbonyl (C=O) groups is 1. The van der Waals surface area contributed by atoms with E-state index in [1.54, 1.807) is 18.2 Å². The van der Waals surface area contributed by atoms with Crippen molar-refractivity contribution < 1.29 is 13.9 Å². The minimum atomic E-state index is -0.280. The van der Waals surface area contributed by atoms with Crippen LogP contribution < -0.4 is 10.1 Å². The van der Waals surface area contributed by atoms with E-state index in [4.69, 9.17) is 10.00 Å². The van der Waals surface area contributed by atoms with Crippen LogP contribution in [0.5, 0.6) is 5.75 Å². The number of hydrogen-bond donors (Lipinski definition) is 1. The van der Waals surface area contributed by atoms with Gasteiger partial charge in [-0.1, -0.05) is 30.3 Å². The van der Waals surface area contributed by atoms with Gasteiger partial charge in [-0.15, -0.1) is 0 Å². The first kappa shape index (κ1) is 16.5. The lowest BCUT2D eigenvalue weighted by Gasteiger charge is -2.12. The SMILES string of the molecule is N#CCC(=O)NCCc1ccccc1OCc1ccc(F)cc1. The van der Waals surface area contributed by atoms with Crippen LogP contribution >= 0.6 is 0 Å². The van der Waals surface area contributed by atoms with Crippen molar-refractivity contribution in [3.8, 4) is 11.8 Å². The molecule has 23 heavy (non-hydrogen) atoms. The monoisotopic (exact) mass is 312 g/mol. The number of nitriles is 1.